The minimum atomic E-state index is -0.635. The van der Waals surface area contributed by atoms with Gasteiger partial charge in [-0.1, -0.05) is 30.7 Å². The Hall–Kier alpha value is -1.31. The summed E-state index contributed by atoms with van der Waals surface area (Å²) in [6.45, 7) is 0. The third kappa shape index (κ3) is 1.86. The molecule has 2 aliphatic carbocycles. The van der Waals surface area contributed by atoms with Gasteiger partial charge in [-0.3, -0.25) is 4.79 Å². The average Bonchev–Trinajstić information content (AvgIpc) is 2.15. The van der Waals surface area contributed by atoms with Crippen LogP contribution in [0.2, 0.25) is 0 Å². The van der Waals surface area contributed by atoms with Crippen molar-refractivity contribution in [2.24, 2.45) is 5.92 Å². The van der Waals surface area contributed by atoms with Crippen molar-refractivity contribution in [3.05, 3.63) is 35.4 Å². The van der Waals surface area contributed by atoms with Crippen LogP contribution in [-0.4, -0.2) is 11.1 Å². The van der Waals surface area contributed by atoms with Crippen molar-refractivity contribution in [1.82, 2.24) is 0 Å². The maximum Gasteiger partial charge on any atom is 0.307 e. The van der Waals surface area contributed by atoms with Gasteiger partial charge in [0.15, 0.2) is 0 Å². The van der Waals surface area contributed by atoms with E-state index in [4.69, 9.17) is 5.11 Å². The van der Waals surface area contributed by atoms with Gasteiger partial charge in [-0.25, -0.2) is 0 Å². The van der Waals surface area contributed by atoms with Gasteiger partial charge >= 0.3 is 5.97 Å². The highest BCUT2D eigenvalue weighted by atomic mass is 16.4. The first kappa shape index (κ1) is 10.8. The monoisotopic (exact) mass is 230 g/mol. The third-order valence-electron chi connectivity index (χ3n) is 4.53. The van der Waals surface area contributed by atoms with E-state index in [2.05, 4.69) is 24.3 Å². The van der Waals surface area contributed by atoms with Crippen molar-refractivity contribution in [2.45, 2.75) is 43.9 Å². The van der Waals surface area contributed by atoms with Crippen LogP contribution < -0.4 is 0 Å². The lowest BCUT2D eigenvalue weighted by Gasteiger charge is -2.34. The SMILES string of the molecule is O=C(O)C1CCC1c1ccc(C2CCC2)cc1. The highest BCUT2D eigenvalue weighted by molar-refractivity contribution is 5.72. The lowest BCUT2D eigenvalue weighted by atomic mass is 9.69. The third-order valence-corrected chi connectivity index (χ3v) is 4.53. The van der Waals surface area contributed by atoms with Gasteiger partial charge in [-0.15, -0.1) is 0 Å². The molecule has 2 aliphatic rings. The molecule has 0 amide bonds. The van der Waals surface area contributed by atoms with Crippen LogP contribution in [0.25, 0.3) is 0 Å². The van der Waals surface area contributed by atoms with E-state index >= 15 is 0 Å². The summed E-state index contributed by atoms with van der Waals surface area (Å²) in [5, 5.41) is 9.05. The molecule has 0 aromatic heterocycles. The van der Waals surface area contributed by atoms with Crippen molar-refractivity contribution in [3.63, 3.8) is 0 Å². The van der Waals surface area contributed by atoms with Crippen LogP contribution in [0.1, 0.15) is 55.1 Å². The Morgan fingerprint density at radius 2 is 1.65 bits per heavy atom. The predicted octanol–water partition coefficient (Wildman–Crippen LogP) is 3.53. The highest BCUT2D eigenvalue weighted by Gasteiger charge is 2.37. The summed E-state index contributed by atoms with van der Waals surface area (Å²) < 4.78 is 0. The Bertz CT molecular complexity index is 417. The minimum absolute atomic E-state index is 0.149. The zero-order chi connectivity index (χ0) is 11.8. The number of aliphatic carboxylic acids is 1. The van der Waals surface area contributed by atoms with E-state index in [0.717, 1.165) is 18.8 Å². The topological polar surface area (TPSA) is 37.3 Å². The van der Waals surface area contributed by atoms with Crippen LogP contribution in [0.4, 0.5) is 0 Å². The number of hydrogen-bond acceptors (Lipinski definition) is 1. The number of carbonyl (C=O) groups is 1. The number of hydrogen-bond donors (Lipinski definition) is 1. The van der Waals surface area contributed by atoms with Gasteiger partial charge in [0.2, 0.25) is 0 Å². The quantitative estimate of drug-likeness (QED) is 0.862. The fourth-order valence-electron chi connectivity index (χ4n) is 2.95. The molecule has 0 radical (unpaired) electrons. The van der Waals surface area contributed by atoms with Gasteiger partial charge < -0.3 is 5.11 Å². The van der Waals surface area contributed by atoms with Crippen LogP contribution in [0.5, 0.6) is 0 Å². The van der Waals surface area contributed by atoms with Crippen molar-refractivity contribution < 1.29 is 9.90 Å². The number of carboxylic acids is 1. The molecule has 2 atom stereocenters. The molecule has 17 heavy (non-hydrogen) atoms. The van der Waals surface area contributed by atoms with Gasteiger partial charge in [-0.2, -0.15) is 0 Å². The lowest BCUT2D eigenvalue weighted by Crippen LogP contribution is -2.30. The Morgan fingerprint density at radius 3 is 2.06 bits per heavy atom. The Kier molecular flexibility index (Phi) is 2.65. The molecule has 0 saturated heterocycles. The average molecular weight is 230 g/mol. The normalized spacial score (nSPS) is 28.2. The molecule has 0 aliphatic heterocycles. The molecule has 90 valence electrons. The number of carboxylic acid groups (broad SMARTS) is 1. The largest absolute Gasteiger partial charge is 0.481 e. The fourth-order valence-corrected chi connectivity index (χ4v) is 2.95. The summed E-state index contributed by atoms with van der Waals surface area (Å²) in [6, 6.07) is 8.70. The molecule has 1 aromatic carbocycles. The second kappa shape index (κ2) is 4.17. The summed E-state index contributed by atoms with van der Waals surface area (Å²) in [7, 11) is 0. The van der Waals surface area contributed by atoms with E-state index in [-0.39, 0.29) is 11.8 Å². The molecule has 2 unspecified atom stereocenters. The second-order valence-electron chi connectivity index (χ2n) is 5.42. The van der Waals surface area contributed by atoms with E-state index in [1.807, 2.05) is 0 Å². The Morgan fingerprint density at radius 1 is 1.00 bits per heavy atom. The molecule has 2 heteroatoms. The van der Waals surface area contributed by atoms with Crippen LogP contribution in [0.3, 0.4) is 0 Å². The predicted molar refractivity (Wildman–Crippen MR) is 66.1 cm³/mol. The summed E-state index contributed by atoms with van der Waals surface area (Å²) in [5.41, 5.74) is 2.65. The molecule has 2 nitrogen and oxygen atoms in total. The van der Waals surface area contributed by atoms with Crippen LogP contribution in [0.15, 0.2) is 24.3 Å². The van der Waals surface area contributed by atoms with Gasteiger partial charge in [0.05, 0.1) is 5.92 Å². The Labute approximate surface area is 102 Å². The van der Waals surface area contributed by atoms with E-state index in [1.54, 1.807) is 0 Å². The van der Waals surface area contributed by atoms with Crippen LogP contribution in [0, 0.1) is 5.92 Å². The summed E-state index contributed by atoms with van der Waals surface area (Å²) >= 11 is 0. The summed E-state index contributed by atoms with van der Waals surface area (Å²) in [5.74, 6) is 0.234. The standard InChI is InChI=1S/C15H18O2/c16-15(17)14-9-8-13(14)12-6-4-11(5-7-12)10-2-1-3-10/h4-7,10,13-14H,1-3,8-9H2,(H,16,17). The molecule has 2 fully saturated rings. The zero-order valence-electron chi connectivity index (χ0n) is 9.93. The zero-order valence-corrected chi connectivity index (χ0v) is 9.93. The first-order valence-corrected chi connectivity index (χ1v) is 6.58. The van der Waals surface area contributed by atoms with Crippen molar-refractivity contribution >= 4 is 5.97 Å². The molecule has 1 N–H and O–H groups in total. The first-order chi connectivity index (χ1) is 8.25. The molecule has 0 heterocycles. The molecular weight excluding hydrogens is 212 g/mol. The van der Waals surface area contributed by atoms with Crippen molar-refractivity contribution in [1.29, 1.82) is 0 Å². The van der Waals surface area contributed by atoms with Gasteiger partial charge in [0.1, 0.15) is 0 Å². The Balaban J connectivity index is 1.73. The van der Waals surface area contributed by atoms with Crippen molar-refractivity contribution in [3.8, 4) is 0 Å². The van der Waals surface area contributed by atoms with E-state index in [1.165, 1.54) is 30.4 Å². The van der Waals surface area contributed by atoms with E-state index in [0.29, 0.717) is 0 Å². The van der Waals surface area contributed by atoms with Gasteiger partial charge in [0, 0.05) is 0 Å². The maximum atomic E-state index is 11.0. The number of benzene rings is 1. The summed E-state index contributed by atoms with van der Waals surface area (Å²) in [6.07, 6.45) is 5.86. The smallest absolute Gasteiger partial charge is 0.307 e. The first-order valence-electron chi connectivity index (χ1n) is 6.58. The molecule has 1 aromatic rings. The highest BCUT2D eigenvalue weighted by Crippen LogP contribution is 2.43. The number of rotatable bonds is 3. The molecule has 3 rings (SSSR count). The van der Waals surface area contributed by atoms with Gasteiger partial charge in [-0.05, 0) is 48.6 Å². The second-order valence-corrected chi connectivity index (χ2v) is 5.42. The molecule has 0 spiro atoms. The molecule has 2 saturated carbocycles. The molecular formula is C15H18O2. The summed E-state index contributed by atoms with van der Waals surface area (Å²) in [4.78, 5) is 11.0. The van der Waals surface area contributed by atoms with Crippen LogP contribution >= 0.6 is 0 Å². The fraction of sp³-hybridized carbons (Fsp3) is 0.533. The lowest BCUT2D eigenvalue weighted by molar-refractivity contribution is -0.145. The van der Waals surface area contributed by atoms with Gasteiger partial charge in [0.25, 0.3) is 0 Å². The maximum absolute atomic E-state index is 11.0. The van der Waals surface area contributed by atoms with Crippen LogP contribution in [-0.2, 0) is 4.79 Å². The van der Waals surface area contributed by atoms with E-state index in [9.17, 15) is 4.79 Å². The molecule has 0 bridgehead atoms. The van der Waals surface area contributed by atoms with Crippen molar-refractivity contribution in [2.75, 3.05) is 0 Å². The van der Waals surface area contributed by atoms with E-state index < -0.39 is 5.97 Å². The minimum Gasteiger partial charge on any atom is -0.481 e.